The van der Waals surface area contributed by atoms with Crippen LogP contribution in [0.4, 0.5) is 0 Å². The van der Waals surface area contributed by atoms with Crippen molar-refractivity contribution in [3.05, 3.63) is 35.4 Å². The fourth-order valence-corrected chi connectivity index (χ4v) is 3.86. The zero-order chi connectivity index (χ0) is 16.5. The lowest BCUT2D eigenvalue weighted by molar-refractivity contribution is -0.136. The van der Waals surface area contributed by atoms with E-state index >= 15 is 0 Å². The number of hydrogen-bond donors (Lipinski definition) is 1. The van der Waals surface area contributed by atoms with Gasteiger partial charge in [0.15, 0.2) is 0 Å². The predicted molar refractivity (Wildman–Crippen MR) is 95.7 cm³/mol. The van der Waals surface area contributed by atoms with Crippen LogP contribution in [0.1, 0.15) is 75.8 Å². The van der Waals surface area contributed by atoms with Crippen LogP contribution in [0.2, 0.25) is 0 Å². The fraction of sp³-hybridized carbons (Fsp3) is 0.667. The summed E-state index contributed by atoms with van der Waals surface area (Å²) in [6.07, 6.45) is 13.9. The first-order chi connectivity index (χ1) is 11.2. The highest BCUT2D eigenvalue weighted by Crippen LogP contribution is 2.34. The van der Waals surface area contributed by atoms with Crippen molar-refractivity contribution < 1.29 is 9.90 Å². The Morgan fingerprint density at radius 2 is 1.52 bits per heavy atom. The normalized spacial score (nSPS) is 21.3. The Morgan fingerprint density at radius 3 is 2.09 bits per heavy atom. The molecule has 0 spiro atoms. The van der Waals surface area contributed by atoms with E-state index in [2.05, 4.69) is 19.1 Å². The van der Waals surface area contributed by atoms with E-state index in [0.29, 0.717) is 0 Å². The van der Waals surface area contributed by atoms with Gasteiger partial charge in [-0.3, -0.25) is 4.79 Å². The summed E-state index contributed by atoms with van der Waals surface area (Å²) in [6.45, 7) is 2.28. The second kappa shape index (κ2) is 9.75. The molecule has 0 unspecified atom stereocenters. The molecule has 2 rings (SSSR count). The second-order valence-corrected chi connectivity index (χ2v) is 7.31. The van der Waals surface area contributed by atoms with Crippen LogP contribution < -0.4 is 0 Å². The molecule has 1 N–H and O–H groups in total. The minimum atomic E-state index is -0.756. The molecule has 2 heteroatoms. The van der Waals surface area contributed by atoms with E-state index in [-0.39, 0.29) is 6.42 Å². The quantitative estimate of drug-likeness (QED) is 0.599. The van der Waals surface area contributed by atoms with E-state index in [4.69, 9.17) is 5.11 Å². The van der Waals surface area contributed by atoms with Crippen molar-refractivity contribution in [2.45, 2.75) is 77.6 Å². The van der Waals surface area contributed by atoms with Gasteiger partial charge in [-0.1, -0.05) is 82.6 Å². The van der Waals surface area contributed by atoms with Gasteiger partial charge in [0.1, 0.15) is 0 Å². The number of unbranched alkanes of at least 4 members (excludes halogenated alkanes) is 2. The molecule has 1 aromatic rings. The van der Waals surface area contributed by atoms with Gasteiger partial charge in [0.2, 0.25) is 0 Å². The summed E-state index contributed by atoms with van der Waals surface area (Å²) in [5.74, 6) is 1.14. The number of benzene rings is 1. The minimum absolute atomic E-state index is 0.127. The summed E-state index contributed by atoms with van der Waals surface area (Å²) < 4.78 is 0. The van der Waals surface area contributed by atoms with Crippen LogP contribution in [0.5, 0.6) is 0 Å². The molecule has 0 radical (unpaired) electrons. The van der Waals surface area contributed by atoms with E-state index in [1.807, 2.05) is 12.1 Å². The largest absolute Gasteiger partial charge is 0.481 e. The molecule has 128 valence electrons. The van der Waals surface area contributed by atoms with Crippen molar-refractivity contribution in [3.63, 3.8) is 0 Å². The van der Waals surface area contributed by atoms with E-state index in [1.165, 1.54) is 63.4 Å². The van der Waals surface area contributed by atoms with Crippen LogP contribution in [0.3, 0.4) is 0 Å². The topological polar surface area (TPSA) is 37.3 Å². The third kappa shape index (κ3) is 6.76. The first-order valence-corrected chi connectivity index (χ1v) is 9.47. The van der Waals surface area contributed by atoms with Gasteiger partial charge < -0.3 is 5.11 Å². The predicted octanol–water partition coefficient (Wildman–Crippen LogP) is 5.63. The lowest BCUT2D eigenvalue weighted by Crippen LogP contribution is -2.15. The number of aryl methyl sites for hydroxylation is 1. The number of rotatable bonds is 9. The SMILES string of the molecule is CCCCCC1CCC(CCc2ccc(CC(=O)O)cc2)CC1. The van der Waals surface area contributed by atoms with Gasteiger partial charge in [-0.15, -0.1) is 0 Å². The van der Waals surface area contributed by atoms with Crippen molar-refractivity contribution in [1.29, 1.82) is 0 Å². The lowest BCUT2D eigenvalue weighted by Gasteiger charge is -2.28. The molecule has 1 aliphatic rings. The van der Waals surface area contributed by atoms with Gasteiger partial charge in [0, 0.05) is 0 Å². The van der Waals surface area contributed by atoms with Crippen LogP contribution in [0.15, 0.2) is 24.3 Å². The zero-order valence-corrected chi connectivity index (χ0v) is 14.6. The first kappa shape index (κ1) is 18.0. The molecular weight excluding hydrogens is 284 g/mol. The van der Waals surface area contributed by atoms with Crippen LogP contribution >= 0.6 is 0 Å². The molecule has 0 amide bonds. The summed E-state index contributed by atoms with van der Waals surface area (Å²) in [7, 11) is 0. The first-order valence-electron chi connectivity index (χ1n) is 9.47. The van der Waals surface area contributed by atoms with Crippen LogP contribution in [-0.2, 0) is 17.6 Å². The molecule has 0 atom stereocenters. The van der Waals surface area contributed by atoms with Gasteiger partial charge in [-0.2, -0.15) is 0 Å². The van der Waals surface area contributed by atoms with Crippen molar-refractivity contribution in [2.24, 2.45) is 11.8 Å². The molecule has 23 heavy (non-hydrogen) atoms. The summed E-state index contributed by atoms with van der Waals surface area (Å²) in [6, 6.07) is 8.14. The second-order valence-electron chi connectivity index (χ2n) is 7.31. The molecule has 1 fully saturated rings. The summed E-state index contributed by atoms with van der Waals surface area (Å²) in [5.41, 5.74) is 2.25. The standard InChI is InChI=1S/C21H32O2/c1-2-3-4-5-17-6-8-18(9-7-17)10-11-19-12-14-20(15-13-19)16-21(22)23/h12-15,17-18H,2-11,16H2,1H3,(H,22,23). The van der Waals surface area contributed by atoms with Gasteiger partial charge in [-0.25, -0.2) is 0 Å². The number of aliphatic carboxylic acids is 1. The molecular formula is C21H32O2. The number of hydrogen-bond acceptors (Lipinski definition) is 1. The fourth-order valence-electron chi connectivity index (χ4n) is 3.86. The zero-order valence-electron chi connectivity index (χ0n) is 14.6. The van der Waals surface area contributed by atoms with Crippen molar-refractivity contribution in [3.8, 4) is 0 Å². The number of carbonyl (C=O) groups is 1. The number of carboxylic acid groups (broad SMARTS) is 1. The van der Waals surface area contributed by atoms with Gasteiger partial charge in [0.25, 0.3) is 0 Å². The van der Waals surface area contributed by atoms with Crippen LogP contribution in [0.25, 0.3) is 0 Å². The Kier molecular flexibility index (Phi) is 7.64. The summed E-state index contributed by atoms with van der Waals surface area (Å²) >= 11 is 0. The average Bonchev–Trinajstić information content (AvgIpc) is 2.55. The third-order valence-corrected chi connectivity index (χ3v) is 5.40. The average molecular weight is 316 g/mol. The highest BCUT2D eigenvalue weighted by Gasteiger charge is 2.20. The molecule has 0 saturated heterocycles. The van der Waals surface area contributed by atoms with E-state index < -0.39 is 5.97 Å². The maximum Gasteiger partial charge on any atom is 0.307 e. The lowest BCUT2D eigenvalue weighted by atomic mass is 9.78. The van der Waals surface area contributed by atoms with Gasteiger partial charge >= 0.3 is 5.97 Å². The Labute approximate surface area is 141 Å². The minimum Gasteiger partial charge on any atom is -0.481 e. The summed E-state index contributed by atoms with van der Waals surface area (Å²) in [4.78, 5) is 10.7. The van der Waals surface area contributed by atoms with Crippen LogP contribution in [0, 0.1) is 11.8 Å². The Bertz CT molecular complexity index is 455. The maximum absolute atomic E-state index is 10.7. The molecule has 0 bridgehead atoms. The molecule has 0 heterocycles. The number of carboxylic acids is 1. The van der Waals surface area contributed by atoms with E-state index in [0.717, 1.165) is 23.8 Å². The monoisotopic (exact) mass is 316 g/mol. The van der Waals surface area contributed by atoms with Crippen molar-refractivity contribution in [1.82, 2.24) is 0 Å². The highest BCUT2D eigenvalue weighted by molar-refractivity contribution is 5.70. The van der Waals surface area contributed by atoms with Crippen molar-refractivity contribution in [2.75, 3.05) is 0 Å². The van der Waals surface area contributed by atoms with Gasteiger partial charge in [-0.05, 0) is 35.8 Å². The van der Waals surface area contributed by atoms with E-state index in [9.17, 15) is 4.79 Å². The maximum atomic E-state index is 10.7. The van der Waals surface area contributed by atoms with Gasteiger partial charge in [0.05, 0.1) is 6.42 Å². The van der Waals surface area contributed by atoms with Crippen LogP contribution in [-0.4, -0.2) is 11.1 Å². The smallest absolute Gasteiger partial charge is 0.307 e. The molecule has 1 aliphatic carbocycles. The molecule has 0 aromatic heterocycles. The third-order valence-electron chi connectivity index (χ3n) is 5.40. The molecule has 1 aromatic carbocycles. The summed E-state index contributed by atoms with van der Waals surface area (Å²) in [5, 5.41) is 8.80. The van der Waals surface area contributed by atoms with Crippen molar-refractivity contribution >= 4 is 5.97 Å². The van der Waals surface area contributed by atoms with E-state index in [1.54, 1.807) is 0 Å². The Morgan fingerprint density at radius 1 is 0.957 bits per heavy atom. The Hall–Kier alpha value is -1.31. The highest BCUT2D eigenvalue weighted by atomic mass is 16.4. The molecule has 1 saturated carbocycles. The molecule has 0 aliphatic heterocycles. The Balaban J connectivity index is 1.66. The molecule has 2 nitrogen and oxygen atoms in total.